The Hall–Kier alpha value is -2.20. The highest BCUT2D eigenvalue weighted by Gasteiger charge is 2.05. The summed E-state index contributed by atoms with van der Waals surface area (Å²) in [5.74, 6) is 6.48. The highest BCUT2D eigenvalue weighted by Crippen LogP contribution is 2.13. The summed E-state index contributed by atoms with van der Waals surface area (Å²) in [6, 6.07) is 20.6. The lowest BCUT2D eigenvalue weighted by Crippen LogP contribution is -2.27. The average Bonchev–Trinajstić information content (AvgIpc) is 2.46. The van der Waals surface area contributed by atoms with Gasteiger partial charge in [-0.05, 0) is 31.2 Å². The second-order valence-electron chi connectivity index (χ2n) is 4.26. The molecule has 1 heteroatoms. The molecule has 0 amide bonds. The van der Waals surface area contributed by atoms with E-state index in [4.69, 9.17) is 0 Å². The summed E-state index contributed by atoms with van der Waals surface area (Å²) in [5, 5.41) is 0. The smallest absolute Gasteiger partial charge is 0.0876 e. The van der Waals surface area contributed by atoms with Crippen molar-refractivity contribution in [2.75, 3.05) is 11.9 Å². The number of rotatable bonds is 2. The van der Waals surface area contributed by atoms with Crippen LogP contribution in [0.2, 0.25) is 0 Å². The Morgan fingerprint density at radius 1 is 0.889 bits per heavy atom. The summed E-state index contributed by atoms with van der Waals surface area (Å²) < 4.78 is 0. The van der Waals surface area contributed by atoms with Crippen molar-refractivity contribution in [2.45, 2.75) is 13.0 Å². The SMILES string of the molecule is C[C@H](C#Cc1ccccc1)N(C)c1ccccc1. The molecule has 0 unspecified atom stereocenters. The molecule has 0 aliphatic heterocycles. The van der Waals surface area contributed by atoms with Crippen molar-refractivity contribution in [3.05, 3.63) is 66.2 Å². The Kier molecular flexibility index (Phi) is 4.04. The van der Waals surface area contributed by atoms with Gasteiger partial charge in [-0.15, -0.1) is 0 Å². The van der Waals surface area contributed by atoms with Gasteiger partial charge in [-0.2, -0.15) is 0 Å². The van der Waals surface area contributed by atoms with Crippen LogP contribution in [0.15, 0.2) is 60.7 Å². The summed E-state index contributed by atoms with van der Waals surface area (Å²) in [6.45, 7) is 2.11. The molecule has 1 atom stereocenters. The molecular formula is C17H17N. The van der Waals surface area contributed by atoms with E-state index in [1.54, 1.807) is 0 Å². The van der Waals surface area contributed by atoms with Crippen LogP contribution in [0.3, 0.4) is 0 Å². The van der Waals surface area contributed by atoms with Gasteiger partial charge in [0.05, 0.1) is 6.04 Å². The minimum atomic E-state index is 0.188. The fourth-order valence-corrected chi connectivity index (χ4v) is 1.69. The Bertz CT molecular complexity index is 534. The molecule has 0 fully saturated rings. The molecule has 2 aromatic carbocycles. The molecular weight excluding hydrogens is 218 g/mol. The molecule has 0 saturated heterocycles. The Labute approximate surface area is 109 Å². The number of hydrogen-bond donors (Lipinski definition) is 0. The third kappa shape index (κ3) is 3.15. The molecule has 0 bridgehead atoms. The van der Waals surface area contributed by atoms with Crippen LogP contribution in [-0.4, -0.2) is 13.1 Å². The van der Waals surface area contributed by atoms with E-state index >= 15 is 0 Å². The first kappa shape index (κ1) is 12.3. The van der Waals surface area contributed by atoms with Crippen LogP contribution in [-0.2, 0) is 0 Å². The fourth-order valence-electron chi connectivity index (χ4n) is 1.69. The molecule has 0 spiro atoms. The van der Waals surface area contributed by atoms with Gasteiger partial charge in [-0.25, -0.2) is 0 Å². The lowest BCUT2D eigenvalue weighted by atomic mass is 10.2. The lowest BCUT2D eigenvalue weighted by molar-refractivity contribution is 0.847. The minimum absolute atomic E-state index is 0.188. The van der Waals surface area contributed by atoms with Crippen molar-refractivity contribution < 1.29 is 0 Å². The summed E-state index contributed by atoms with van der Waals surface area (Å²) in [6.07, 6.45) is 0. The van der Waals surface area contributed by atoms with Crippen LogP contribution in [0.4, 0.5) is 5.69 Å². The highest BCUT2D eigenvalue weighted by molar-refractivity contribution is 5.48. The summed E-state index contributed by atoms with van der Waals surface area (Å²) in [4.78, 5) is 2.18. The minimum Gasteiger partial charge on any atom is -0.361 e. The van der Waals surface area contributed by atoms with E-state index in [-0.39, 0.29) is 6.04 Å². The normalized spacial score (nSPS) is 11.2. The zero-order valence-corrected chi connectivity index (χ0v) is 10.8. The van der Waals surface area contributed by atoms with Crippen LogP contribution in [0, 0.1) is 11.8 Å². The predicted molar refractivity (Wildman–Crippen MR) is 77.6 cm³/mol. The molecule has 90 valence electrons. The zero-order valence-electron chi connectivity index (χ0n) is 10.8. The third-order valence-electron chi connectivity index (χ3n) is 2.94. The highest BCUT2D eigenvalue weighted by atomic mass is 15.1. The lowest BCUT2D eigenvalue weighted by Gasteiger charge is -2.22. The molecule has 0 heterocycles. The van der Waals surface area contributed by atoms with Gasteiger partial charge in [-0.3, -0.25) is 0 Å². The zero-order chi connectivity index (χ0) is 12.8. The van der Waals surface area contributed by atoms with E-state index < -0.39 is 0 Å². The van der Waals surface area contributed by atoms with Gasteiger partial charge < -0.3 is 4.90 Å². The maximum Gasteiger partial charge on any atom is 0.0876 e. The maximum atomic E-state index is 3.27. The predicted octanol–water partition coefficient (Wildman–Crippen LogP) is 3.56. The quantitative estimate of drug-likeness (QED) is 0.719. The van der Waals surface area contributed by atoms with Gasteiger partial charge in [0.2, 0.25) is 0 Å². The number of anilines is 1. The second-order valence-corrected chi connectivity index (χ2v) is 4.26. The van der Waals surface area contributed by atoms with Crippen molar-refractivity contribution in [1.82, 2.24) is 0 Å². The molecule has 0 radical (unpaired) electrons. The van der Waals surface area contributed by atoms with Gasteiger partial charge in [0.25, 0.3) is 0 Å². The fraction of sp³-hybridized carbons (Fsp3) is 0.176. The van der Waals surface area contributed by atoms with E-state index in [0.717, 1.165) is 5.56 Å². The first-order chi connectivity index (χ1) is 8.77. The molecule has 0 N–H and O–H groups in total. The molecule has 18 heavy (non-hydrogen) atoms. The molecule has 0 aliphatic rings. The van der Waals surface area contributed by atoms with Crippen LogP contribution < -0.4 is 4.90 Å². The van der Waals surface area contributed by atoms with Gasteiger partial charge >= 0.3 is 0 Å². The molecule has 1 nitrogen and oxygen atoms in total. The monoisotopic (exact) mass is 235 g/mol. The van der Waals surface area contributed by atoms with Crippen molar-refractivity contribution in [3.63, 3.8) is 0 Å². The molecule has 2 aromatic rings. The Morgan fingerprint density at radius 2 is 1.44 bits per heavy atom. The van der Waals surface area contributed by atoms with E-state index in [1.165, 1.54) is 5.69 Å². The number of hydrogen-bond acceptors (Lipinski definition) is 1. The van der Waals surface area contributed by atoms with Crippen molar-refractivity contribution in [2.24, 2.45) is 0 Å². The van der Waals surface area contributed by atoms with Gasteiger partial charge in [0.1, 0.15) is 0 Å². The van der Waals surface area contributed by atoms with Crippen molar-refractivity contribution >= 4 is 5.69 Å². The first-order valence-electron chi connectivity index (χ1n) is 6.12. The Morgan fingerprint density at radius 3 is 2.06 bits per heavy atom. The van der Waals surface area contributed by atoms with Crippen LogP contribution in [0.25, 0.3) is 0 Å². The number of nitrogens with zero attached hydrogens (tertiary/aromatic N) is 1. The molecule has 0 aliphatic carbocycles. The molecule has 0 saturated carbocycles. The molecule has 0 aromatic heterocycles. The third-order valence-corrected chi connectivity index (χ3v) is 2.94. The van der Waals surface area contributed by atoms with E-state index in [9.17, 15) is 0 Å². The van der Waals surface area contributed by atoms with E-state index in [1.807, 2.05) is 48.5 Å². The number of benzene rings is 2. The van der Waals surface area contributed by atoms with Gasteiger partial charge in [-0.1, -0.05) is 48.2 Å². The summed E-state index contributed by atoms with van der Waals surface area (Å²) >= 11 is 0. The van der Waals surface area contributed by atoms with Crippen LogP contribution in [0.1, 0.15) is 12.5 Å². The average molecular weight is 235 g/mol. The van der Waals surface area contributed by atoms with Crippen molar-refractivity contribution in [3.8, 4) is 11.8 Å². The van der Waals surface area contributed by atoms with Gasteiger partial charge in [0.15, 0.2) is 0 Å². The van der Waals surface area contributed by atoms with Crippen LogP contribution >= 0.6 is 0 Å². The Balaban J connectivity index is 2.09. The topological polar surface area (TPSA) is 3.24 Å². The summed E-state index contributed by atoms with van der Waals surface area (Å²) in [5.41, 5.74) is 2.25. The maximum absolute atomic E-state index is 3.27. The summed E-state index contributed by atoms with van der Waals surface area (Å²) in [7, 11) is 2.07. The first-order valence-corrected chi connectivity index (χ1v) is 6.12. The van der Waals surface area contributed by atoms with Crippen LogP contribution in [0.5, 0.6) is 0 Å². The van der Waals surface area contributed by atoms with Gasteiger partial charge in [0, 0.05) is 18.3 Å². The number of para-hydroxylation sites is 1. The largest absolute Gasteiger partial charge is 0.361 e. The van der Waals surface area contributed by atoms with E-state index in [2.05, 4.69) is 42.8 Å². The van der Waals surface area contributed by atoms with E-state index in [0.29, 0.717) is 0 Å². The molecule has 2 rings (SSSR count). The second kappa shape index (κ2) is 5.93. The standard InChI is InChI=1S/C17H17N/c1-15(13-14-16-9-5-3-6-10-16)18(2)17-11-7-4-8-12-17/h3-12,15H,1-2H3/t15-/m1/s1. The van der Waals surface area contributed by atoms with Crippen molar-refractivity contribution in [1.29, 1.82) is 0 Å².